The molecule has 1 N–H and O–H groups in total. The highest BCUT2D eigenvalue weighted by Crippen LogP contribution is 2.51. The molecular weight excluding hydrogens is 303 g/mol. The number of hydrogen-bond donors (Lipinski definition) is 1. The highest BCUT2D eigenvalue weighted by molar-refractivity contribution is 5.48. The van der Waals surface area contributed by atoms with Gasteiger partial charge in [0.25, 0.3) is 0 Å². The minimum atomic E-state index is -0.642. The topological polar surface area (TPSA) is 26.5 Å². The summed E-state index contributed by atoms with van der Waals surface area (Å²) in [7, 11) is 0. The molecule has 24 heavy (non-hydrogen) atoms. The molecule has 3 nitrogen and oxygen atoms in total. The van der Waals surface area contributed by atoms with E-state index >= 15 is 0 Å². The fourth-order valence-corrected chi connectivity index (χ4v) is 3.67. The van der Waals surface area contributed by atoms with Crippen molar-refractivity contribution in [3.63, 3.8) is 0 Å². The lowest BCUT2D eigenvalue weighted by atomic mass is 9.93. The molecule has 2 heterocycles. The SMILES string of the molecule is OC(c1cccc(F)c1)C12CCN(C/C=C/c3ccccc3)N1C2. The second-order valence-corrected chi connectivity index (χ2v) is 6.59. The van der Waals surface area contributed by atoms with Crippen molar-refractivity contribution in [2.24, 2.45) is 0 Å². The zero-order valence-electron chi connectivity index (χ0n) is 13.5. The van der Waals surface area contributed by atoms with Gasteiger partial charge in [-0.05, 0) is 29.7 Å². The molecule has 0 radical (unpaired) electrons. The molecule has 0 aromatic heterocycles. The van der Waals surface area contributed by atoms with Crippen molar-refractivity contribution in [3.05, 3.63) is 77.6 Å². The first kappa shape index (κ1) is 15.5. The summed E-state index contributed by atoms with van der Waals surface area (Å²) in [4.78, 5) is 0. The zero-order chi connectivity index (χ0) is 16.6. The third kappa shape index (κ3) is 2.77. The Kier molecular flexibility index (Phi) is 3.96. The van der Waals surface area contributed by atoms with E-state index in [-0.39, 0.29) is 11.4 Å². The molecule has 3 unspecified atom stereocenters. The number of aliphatic hydroxyl groups excluding tert-OH is 1. The van der Waals surface area contributed by atoms with Gasteiger partial charge in [0.15, 0.2) is 0 Å². The van der Waals surface area contributed by atoms with Gasteiger partial charge in [0.05, 0.1) is 5.54 Å². The Morgan fingerprint density at radius 2 is 2.00 bits per heavy atom. The largest absolute Gasteiger partial charge is 0.386 e. The smallest absolute Gasteiger partial charge is 0.123 e. The van der Waals surface area contributed by atoms with Crippen LogP contribution in [-0.4, -0.2) is 40.3 Å². The minimum absolute atomic E-state index is 0.242. The summed E-state index contributed by atoms with van der Waals surface area (Å²) in [5, 5.41) is 15.2. The number of fused-ring (bicyclic) bond motifs is 1. The van der Waals surface area contributed by atoms with Crippen LogP contribution >= 0.6 is 0 Å². The molecule has 0 amide bonds. The highest BCUT2D eigenvalue weighted by Gasteiger charge is 2.63. The van der Waals surface area contributed by atoms with Gasteiger partial charge in [0, 0.05) is 19.6 Å². The van der Waals surface area contributed by atoms with E-state index in [9.17, 15) is 9.50 Å². The lowest BCUT2D eigenvalue weighted by Gasteiger charge is -2.20. The Balaban J connectivity index is 1.40. The van der Waals surface area contributed by atoms with Gasteiger partial charge in [-0.1, -0.05) is 54.6 Å². The minimum Gasteiger partial charge on any atom is -0.386 e. The van der Waals surface area contributed by atoms with Gasteiger partial charge in [0.1, 0.15) is 11.9 Å². The Morgan fingerprint density at radius 3 is 2.75 bits per heavy atom. The van der Waals surface area contributed by atoms with Crippen molar-refractivity contribution in [1.29, 1.82) is 0 Å². The molecule has 0 spiro atoms. The number of hydrogen-bond acceptors (Lipinski definition) is 3. The van der Waals surface area contributed by atoms with Crippen LogP contribution in [0.4, 0.5) is 4.39 Å². The van der Waals surface area contributed by atoms with Crippen LogP contribution in [0.5, 0.6) is 0 Å². The normalized spacial score (nSPS) is 27.3. The maximum Gasteiger partial charge on any atom is 0.123 e. The second kappa shape index (κ2) is 6.13. The first-order valence-electron chi connectivity index (χ1n) is 8.37. The number of benzene rings is 2. The maximum atomic E-state index is 13.4. The van der Waals surface area contributed by atoms with Gasteiger partial charge in [-0.25, -0.2) is 14.4 Å². The van der Waals surface area contributed by atoms with Crippen molar-refractivity contribution in [1.82, 2.24) is 10.0 Å². The number of nitrogens with zero attached hydrogens (tertiary/aromatic N) is 2. The summed E-state index contributed by atoms with van der Waals surface area (Å²) >= 11 is 0. The molecular formula is C20H21FN2O. The van der Waals surface area contributed by atoms with Gasteiger partial charge in [0.2, 0.25) is 0 Å². The molecule has 2 aromatic rings. The lowest BCUT2D eigenvalue weighted by Crippen LogP contribution is -2.28. The number of aliphatic hydroxyl groups is 1. The predicted octanol–water partition coefficient (Wildman–Crippen LogP) is 3.25. The lowest BCUT2D eigenvalue weighted by molar-refractivity contribution is 0.0680. The number of halogens is 1. The van der Waals surface area contributed by atoms with E-state index in [1.54, 1.807) is 12.1 Å². The quantitative estimate of drug-likeness (QED) is 0.855. The van der Waals surface area contributed by atoms with Crippen molar-refractivity contribution in [2.45, 2.75) is 18.1 Å². The average Bonchev–Trinajstić information content (AvgIpc) is 3.25. The highest BCUT2D eigenvalue weighted by atomic mass is 19.1. The molecule has 0 saturated carbocycles. The van der Waals surface area contributed by atoms with Crippen LogP contribution in [0.2, 0.25) is 0 Å². The number of hydrazine groups is 1. The first-order valence-corrected chi connectivity index (χ1v) is 8.37. The second-order valence-electron chi connectivity index (χ2n) is 6.59. The van der Waals surface area contributed by atoms with E-state index in [4.69, 9.17) is 0 Å². The predicted molar refractivity (Wildman–Crippen MR) is 92.5 cm³/mol. The molecule has 2 aliphatic heterocycles. The van der Waals surface area contributed by atoms with Gasteiger partial charge in [-0.15, -0.1) is 0 Å². The summed E-state index contributed by atoms with van der Waals surface area (Å²) in [6.07, 6.45) is 4.53. The summed E-state index contributed by atoms with van der Waals surface area (Å²) in [5.74, 6) is -0.296. The third-order valence-electron chi connectivity index (χ3n) is 5.08. The summed E-state index contributed by atoms with van der Waals surface area (Å²) in [5.41, 5.74) is 1.61. The average molecular weight is 324 g/mol. The van der Waals surface area contributed by atoms with E-state index in [1.165, 1.54) is 17.7 Å². The van der Waals surface area contributed by atoms with Crippen molar-refractivity contribution in [3.8, 4) is 0 Å². The van der Waals surface area contributed by atoms with Crippen molar-refractivity contribution >= 4 is 6.08 Å². The van der Waals surface area contributed by atoms with Crippen LogP contribution < -0.4 is 0 Å². The summed E-state index contributed by atoms with van der Waals surface area (Å²) in [6.45, 7) is 2.59. The van der Waals surface area contributed by atoms with E-state index < -0.39 is 6.10 Å². The van der Waals surface area contributed by atoms with Gasteiger partial charge >= 0.3 is 0 Å². The van der Waals surface area contributed by atoms with Crippen LogP contribution in [0.3, 0.4) is 0 Å². The van der Waals surface area contributed by atoms with E-state index in [0.717, 1.165) is 26.1 Å². The van der Waals surface area contributed by atoms with Gasteiger partial charge < -0.3 is 5.11 Å². The van der Waals surface area contributed by atoms with Crippen LogP contribution in [0.1, 0.15) is 23.7 Å². The number of rotatable bonds is 5. The molecule has 0 bridgehead atoms. The van der Waals surface area contributed by atoms with Crippen molar-refractivity contribution < 1.29 is 9.50 Å². The summed E-state index contributed by atoms with van der Waals surface area (Å²) in [6, 6.07) is 16.5. The molecule has 4 heteroatoms. The van der Waals surface area contributed by atoms with Crippen LogP contribution in [-0.2, 0) is 0 Å². The van der Waals surface area contributed by atoms with Crippen LogP contribution in [0.15, 0.2) is 60.7 Å². The fraction of sp³-hybridized carbons (Fsp3) is 0.300. The van der Waals surface area contributed by atoms with Crippen LogP contribution in [0, 0.1) is 5.82 Å². The molecule has 124 valence electrons. The zero-order valence-corrected chi connectivity index (χ0v) is 13.5. The van der Waals surface area contributed by atoms with E-state index in [2.05, 4.69) is 34.3 Å². The molecule has 2 saturated heterocycles. The first-order chi connectivity index (χ1) is 11.7. The third-order valence-corrected chi connectivity index (χ3v) is 5.08. The van der Waals surface area contributed by atoms with Gasteiger partial charge in [-0.2, -0.15) is 0 Å². The standard InChI is InChI=1S/C20H21FN2O/c21-18-10-4-9-17(14-18)19(24)20-11-13-22(23(20)15-20)12-5-8-16-6-2-1-3-7-16/h1-10,14,19,24H,11-13,15H2/b8-5+. The Morgan fingerprint density at radius 1 is 1.17 bits per heavy atom. The molecule has 0 aliphatic carbocycles. The molecule has 2 fully saturated rings. The molecule has 3 atom stereocenters. The fourth-order valence-electron chi connectivity index (χ4n) is 3.67. The monoisotopic (exact) mass is 324 g/mol. The molecule has 4 rings (SSSR count). The van der Waals surface area contributed by atoms with Crippen LogP contribution in [0.25, 0.3) is 6.08 Å². The van der Waals surface area contributed by atoms with E-state index in [1.807, 2.05) is 18.2 Å². The van der Waals surface area contributed by atoms with Gasteiger partial charge in [-0.3, -0.25) is 0 Å². The Labute approximate surface area is 141 Å². The Bertz CT molecular complexity index is 748. The maximum absolute atomic E-state index is 13.4. The molecule has 2 aliphatic rings. The Hall–Kier alpha value is -2.01. The van der Waals surface area contributed by atoms with E-state index in [0.29, 0.717) is 5.56 Å². The molecule has 2 aromatic carbocycles. The summed E-state index contributed by atoms with van der Waals surface area (Å²) < 4.78 is 13.4. The van der Waals surface area contributed by atoms with Crippen molar-refractivity contribution in [2.75, 3.05) is 19.6 Å².